The van der Waals surface area contributed by atoms with Gasteiger partial charge in [-0.1, -0.05) is 22.0 Å². The molecule has 2 rings (SSSR count). The quantitative estimate of drug-likeness (QED) is 0.816. The van der Waals surface area contributed by atoms with E-state index in [-0.39, 0.29) is 0 Å². The first-order chi connectivity index (χ1) is 7.01. The van der Waals surface area contributed by atoms with Gasteiger partial charge >= 0.3 is 5.97 Å². The van der Waals surface area contributed by atoms with Crippen molar-refractivity contribution in [1.29, 1.82) is 0 Å². The van der Waals surface area contributed by atoms with Crippen LogP contribution >= 0.6 is 15.9 Å². The molecule has 0 aromatic heterocycles. The maximum Gasteiger partial charge on any atom is 0.324 e. The van der Waals surface area contributed by atoms with Crippen molar-refractivity contribution in [2.24, 2.45) is 5.73 Å². The summed E-state index contributed by atoms with van der Waals surface area (Å²) in [4.78, 5) is 11.0. The van der Waals surface area contributed by atoms with Crippen molar-refractivity contribution in [2.75, 3.05) is 0 Å². The maximum absolute atomic E-state index is 11.0. The number of benzene rings is 1. The van der Waals surface area contributed by atoms with E-state index in [4.69, 9.17) is 10.8 Å². The second-order valence-corrected chi connectivity index (χ2v) is 4.97. The number of halogens is 1. The van der Waals surface area contributed by atoms with Crippen LogP contribution < -0.4 is 5.73 Å². The van der Waals surface area contributed by atoms with Crippen LogP contribution in [0.4, 0.5) is 0 Å². The minimum atomic E-state index is -1.08. The first-order valence-corrected chi connectivity index (χ1v) is 5.60. The molecule has 0 radical (unpaired) electrons. The molecule has 0 spiro atoms. The highest BCUT2D eigenvalue weighted by Crippen LogP contribution is 2.29. The van der Waals surface area contributed by atoms with E-state index in [9.17, 15) is 4.79 Å². The molecule has 0 aliphatic heterocycles. The number of aliphatic carboxylic acids is 1. The van der Waals surface area contributed by atoms with Gasteiger partial charge in [-0.25, -0.2) is 0 Å². The SMILES string of the molecule is N[C@@]1(C(=O)O)CCc2cc(Br)ccc2C1. The average Bonchev–Trinajstić information content (AvgIpc) is 2.18. The van der Waals surface area contributed by atoms with Crippen LogP contribution in [0.5, 0.6) is 0 Å². The Morgan fingerprint density at radius 2 is 2.20 bits per heavy atom. The van der Waals surface area contributed by atoms with E-state index in [1.165, 1.54) is 5.56 Å². The molecule has 15 heavy (non-hydrogen) atoms. The molecule has 4 heteroatoms. The summed E-state index contributed by atoms with van der Waals surface area (Å²) in [6.07, 6.45) is 1.66. The summed E-state index contributed by atoms with van der Waals surface area (Å²) in [5, 5.41) is 9.04. The van der Waals surface area contributed by atoms with E-state index in [0.717, 1.165) is 16.5 Å². The standard InChI is InChI=1S/C11H12BrNO2/c12-9-2-1-8-6-11(13,10(14)15)4-3-7(8)5-9/h1-2,5H,3-4,6,13H2,(H,14,15)/t11-/m0/s1. The molecule has 0 bridgehead atoms. The lowest BCUT2D eigenvalue weighted by atomic mass is 9.79. The van der Waals surface area contributed by atoms with Crippen molar-refractivity contribution in [1.82, 2.24) is 0 Å². The number of hydrogen-bond donors (Lipinski definition) is 2. The monoisotopic (exact) mass is 269 g/mol. The minimum absolute atomic E-state index is 0.422. The number of hydrogen-bond acceptors (Lipinski definition) is 2. The first kappa shape index (κ1) is 10.6. The van der Waals surface area contributed by atoms with Gasteiger partial charge in [-0.05, 0) is 36.1 Å². The Kier molecular flexibility index (Phi) is 2.56. The Bertz CT molecular complexity index is 419. The van der Waals surface area contributed by atoms with Crippen LogP contribution in [0, 0.1) is 0 Å². The number of carbonyl (C=O) groups is 1. The molecule has 1 atom stereocenters. The van der Waals surface area contributed by atoms with Crippen LogP contribution in [0.2, 0.25) is 0 Å². The third-order valence-electron chi connectivity index (χ3n) is 2.94. The van der Waals surface area contributed by atoms with Gasteiger partial charge in [-0.15, -0.1) is 0 Å². The Labute approximate surface area is 96.4 Å². The first-order valence-electron chi connectivity index (χ1n) is 4.81. The number of carboxylic acid groups (broad SMARTS) is 1. The van der Waals surface area contributed by atoms with Crippen molar-refractivity contribution in [2.45, 2.75) is 24.8 Å². The molecule has 1 aromatic rings. The van der Waals surface area contributed by atoms with E-state index >= 15 is 0 Å². The highest BCUT2D eigenvalue weighted by atomic mass is 79.9. The molecule has 1 aromatic carbocycles. The van der Waals surface area contributed by atoms with Gasteiger partial charge in [0.25, 0.3) is 0 Å². The topological polar surface area (TPSA) is 63.3 Å². The van der Waals surface area contributed by atoms with Gasteiger partial charge < -0.3 is 10.8 Å². The van der Waals surface area contributed by atoms with Crippen molar-refractivity contribution >= 4 is 21.9 Å². The van der Waals surface area contributed by atoms with Gasteiger partial charge in [0.1, 0.15) is 5.54 Å². The lowest BCUT2D eigenvalue weighted by molar-refractivity contribution is -0.143. The summed E-state index contributed by atoms with van der Waals surface area (Å²) in [6, 6.07) is 5.91. The average molecular weight is 270 g/mol. The highest BCUT2D eigenvalue weighted by molar-refractivity contribution is 9.10. The predicted molar refractivity (Wildman–Crippen MR) is 60.7 cm³/mol. The van der Waals surface area contributed by atoms with E-state index in [2.05, 4.69) is 15.9 Å². The van der Waals surface area contributed by atoms with Crippen LogP contribution in [0.1, 0.15) is 17.5 Å². The maximum atomic E-state index is 11.0. The van der Waals surface area contributed by atoms with E-state index in [0.29, 0.717) is 12.8 Å². The summed E-state index contributed by atoms with van der Waals surface area (Å²) in [5.74, 6) is -0.906. The van der Waals surface area contributed by atoms with Crippen LogP contribution in [0.3, 0.4) is 0 Å². The molecule has 0 saturated heterocycles. The second kappa shape index (κ2) is 3.61. The largest absolute Gasteiger partial charge is 0.480 e. The zero-order valence-electron chi connectivity index (χ0n) is 8.16. The smallest absolute Gasteiger partial charge is 0.324 e. The van der Waals surface area contributed by atoms with Crippen LogP contribution in [-0.4, -0.2) is 16.6 Å². The summed E-state index contributed by atoms with van der Waals surface area (Å²) in [6.45, 7) is 0. The fourth-order valence-electron chi connectivity index (χ4n) is 1.97. The predicted octanol–water partition coefficient (Wildman–Crippen LogP) is 1.72. The van der Waals surface area contributed by atoms with Gasteiger partial charge in [-0.2, -0.15) is 0 Å². The van der Waals surface area contributed by atoms with E-state index in [1.54, 1.807) is 0 Å². The molecule has 1 aliphatic rings. The Hall–Kier alpha value is -0.870. The number of rotatable bonds is 1. The number of aryl methyl sites for hydroxylation is 1. The third kappa shape index (κ3) is 1.92. The van der Waals surface area contributed by atoms with Crippen LogP contribution in [0.15, 0.2) is 22.7 Å². The normalized spacial score (nSPS) is 24.7. The van der Waals surface area contributed by atoms with Crippen molar-refractivity contribution in [3.8, 4) is 0 Å². The molecular weight excluding hydrogens is 258 g/mol. The lowest BCUT2D eigenvalue weighted by Gasteiger charge is -2.30. The molecule has 0 fully saturated rings. The molecule has 3 N–H and O–H groups in total. The van der Waals surface area contributed by atoms with Gasteiger partial charge in [0.15, 0.2) is 0 Å². The van der Waals surface area contributed by atoms with Crippen molar-refractivity contribution in [3.05, 3.63) is 33.8 Å². The lowest BCUT2D eigenvalue weighted by Crippen LogP contribution is -2.52. The molecule has 0 heterocycles. The summed E-state index contributed by atoms with van der Waals surface area (Å²) >= 11 is 3.40. The summed E-state index contributed by atoms with van der Waals surface area (Å²) < 4.78 is 1.03. The number of nitrogens with two attached hydrogens (primary N) is 1. The molecule has 80 valence electrons. The van der Waals surface area contributed by atoms with Crippen molar-refractivity contribution in [3.63, 3.8) is 0 Å². The number of carboxylic acids is 1. The van der Waals surface area contributed by atoms with Gasteiger partial charge in [0, 0.05) is 10.9 Å². The summed E-state index contributed by atoms with van der Waals surface area (Å²) in [5.41, 5.74) is 7.01. The zero-order chi connectivity index (χ0) is 11.1. The molecule has 0 amide bonds. The Morgan fingerprint density at radius 3 is 2.87 bits per heavy atom. The van der Waals surface area contributed by atoms with E-state index in [1.807, 2.05) is 18.2 Å². The van der Waals surface area contributed by atoms with Crippen LogP contribution in [0.25, 0.3) is 0 Å². The fraction of sp³-hybridized carbons (Fsp3) is 0.364. The third-order valence-corrected chi connectivity index (χ3v) is 3.43. The second-order valence-electron chi connectivity index (χ2n) is 4.05. The van der Waals surface area contributed by atoms with E-state index < -0.39 is 11.5 Å². The Morgan fingerprint density at radius 1 is 1.47 bits per heavy atom. The van der Waals surface area contributed by atoms with Crippen molar-refractivity contribution < 1.29 is 9.90 Å². The van der Waals surface area contributed by atoms with Crippen LogP contribution in [-0.2, 0) is 17.6 Å². The molecule has 0 unspecified atom stereocenters. The molecular formula is C11H12BrNO2. The fourth-order valence-corrected chi connectivity index (χ4v) is 2.38. The summed E-state index contributed by atoms with van der Waals surface area (Å²) in [7, 11) is 0. The van der Waals surface area contributed by atoms with Gasteiger partial charge in [0.05, 0.1) is 0 Å². The highest BCUT2D eigenvalue weighted by Gasteiger charge is 2.37. The zero-order valence-corrected chi connectivity index (χ0v) is 9.75. The van der Waals surface area contributed by atoms with Gasteiger partial charge in [-0.3, -0.25) is 4.79 Å². The Balaban J connectivity index is 2.35. The number of fused-ring (bicyclic) bond motifs is 1. The molecule has 3 nitrogen and oxygen atoms in total. The van der Waals surface area contributed by atoms with Gasteiger partial charge in [0.2, 0.25) is 0 Å². The minimum Gasteiger partial charge on any atom is -0.480 e. The molecule has 1 aliphatic carbocycles. The molecule has 0 saturated carbocycles.